The van der Waals surface area contributed by atoms with Gasteiger partial charge in [0.25, 0.3) is 5.91 Å². The highest BCUT2D eigenvalue weighted by Gasteiger charge is 2.20. The number of hydrogen-bond acceptors (Lipinski definition) is 4. The molecule has 0 unspecified atom stereocenters. The number of benzene rings is 3. The van der Waals surface area contributed by atoms with Gasteiger partial charge in [-0.25, -0.2) is 0 Å². The molecular weight excluding hydrogens is 390 g/mol. The van der Waals surface area contributed by atoms with E-state index in [9.17, 15) is 9.59 Å². The number of carbonyl (C=O) groups is 2. The van der Waals surface area contributed by atoms with E-state index in [0.717, 1.165) is 11.1 Å². The Morgan fingerprint density at radius 2 is 1.45 bits per heavy atom. The lowest BCUT2D eigenvalue weighted by Gasteiger charge is -2.16. The molecule has 3 aromatic carbocycles. The summed E-state index contributed by atoms with van der Waals surface area (Å²) in [6, 6.07) is 26.7. The molecule has 0 aliphatic rings. The van der Waals surface area contributed by atoms with Crippen LogP contribution in [-0.4, -0.2) is 18.0 Å². The normalized spacial score (nSPS) is 12.5. The smallest absolute Gasteiger partial charge is 0.307 e. The molecule has 5 nitrogen and oxygen atoms in total. The number of hydrogen-bond donors (Lipinski definition) is 1. The highest BCUT2D eigenvalue weighted by atomic mass is 16.5. The molecule has 3 aromatic rings. The molecule has 160 valence electrons. The van der Waals surface area contributed by atoms with Gasteiger partial charge in [-0.15, -0.1) is 0 Å². The number of nitrogens with one attached hydrogen (secondary N) is 1. The Balaban J connectivity index is 1.45. The van der Waals surface area contributed by atoms with Gasteiger partial charge in [0.05, 0.1) is 6.42 Å². The van der Waals surface area contributed by atoms with Crippen molar-refractivity contribution in [1.29, 1.82) is 0 Å². The molecule has 0 saturated carbocycles. The molecule has 3 rings (SSSR count). The van der Waals surface area contributed by atoms with Crippen molar-refractivity contribution in [2.75, 3.05) is 5.32 Å². The van der Waals surface area contributed by atoms with Crippen LogP contribution in [0.1, 0.15) is 37.3 Å². The Morgan fingerprint density at radius 3 is 2.10 bits per heavy atom. The SMILES string of the molecule is C[C@H](OC(=O)C[C@@H](C)c1ccccc1)C(=O)Nc1ccc(OCc2ccccc2)cc1. The molecule has 0 fully saturated rings. The molecule has 5 heteroatoms. The van der Waals surface area contributed by atoms with Gasteiger partial charge in [0, 0.05) is 5.69 Å². The zero-order chi connectivity index (χ0) is 22.1. The van der Waals surface area contributed by atoms with Gasteiger partial charge in [-0.05, 0) is 48.2 Å². The van der Waals surface area contributed by atoms with Crippen molar-refractivity contribution >= 4 is 17.6 Å². The van der Waals surface area contributed by atoms with E-state index < -0.39 is 12.1 Å². The van der Waals surface area contributed by atoms with E-state index in [4.69, 9.17) is 9.47 Å². The molecule has 1 N–H and O–H groups in total. The van der Waals surface area contributed by atoms with Crippen molar-refractivity contribution in [1.82, 2.24) is 0 Å². The molecule has 0 spiro atoms. The van der Waals surface area contributed by atoms with Crippen molar-refractivity contribution in [3.05, 3.63) is 96.1 Å². The first-order valence-electron chi connectivity index (χ1n) is 10.3. The van der Waals surface area contributed by atoms with Crippen LogP contribution >= 0.6 is 0 Å². The summed E-state index contributed by atoms with van der Waals surface area (Å²) in [5.41, 5.74) is 2.75. The van der Waals surface area contributed by atoms with E-state index in [2.05, 4.69) is 5.32 Å². The Hall–Kier alpha value is -3.60. The highest BCUT2D eigenvalue weighted by Crippen LogP contribution is 2.20. The molecule has 0 radical (unpaired) electrons. The summed E-state index contributed by atoms with van der Waals surface area (Å²) in [7, 11) is 0. The van der Waals surface area contributed by atoms with Crippen molar-refractivity contribution < 1.29 is 19.1 Å². The Bertz CT molecular complexity index is 971. The van der Waals surface area contributed by atoms with E-state index in [1.54, 1.807) is 31.2 Å². The van der Waals surface area contributed by atoms with Gasteiger partial charge >= 0.3 is 5.97 Å². The molecular formula is C26H27NO4. The van der Waals surface area contributed by atoms with Gasteiger partial charge in [-0.1, -0.05) is 67.6 Å². The fourth-order valence-electron chi connectivity index (χ4n) is 3.07. The second-order valence-electron chi connectivity index (χ2n) is 7.44. The number of rotatable bonds is 9. The number of ether oxygens (including phenoxy) is 2. The lowest BCUT2D eigenvalue weighted by atomic mass is 9.98. The molecule has 31 heavy (non-hydrogen) atoms. The number of amides is 1. The number of anilines is 1. The number of carbonyl (C=O) groups excluding carboxylic acids is 2. The van der Waals surface area contributed by atoms with Gasteiger partial charge in [0.15, 0.2) is 6.10 Å². The maximum absolute atomic E-state index is 12.4. The minimum absolute atomic E-state index is 0.0207. The van der Waals surface area contributed by atoms with Gasteiger partial charge in [-0.3, -0.25) is 9.59 Å². The van der Waals surface area contributed by atoms with Gasteiger partial charge in [0.2, 0.25) is 0 Å². The van der Waals surface area contributed by atoms with E-state index >= 15 is 0 Å². The van der Waals surface area contributed by atoms with Crippen LogP contribution in [0.5, 0.6) is 5.75 Å². The summed E-state index contributed by atoms with van der Waals surface area (Å²) >= 11 is 0. The van der Waals surface area contributed by atoms with Crippen LogP contribution < -0.4 is 10.1 Å². The maximum Gasteiger partial charge on any atom is 0.307 e. The summed E-state index contributed by atoms with van der Waals surface area (Å²) < 4.78 is 11.1. The zero-order valence-electron chi connectivity index (χ0n) is 17.8. The quantitative estimate of drug-likeness (QED) is 0.478. The topological polar surface area (TPSA) is 64.6 Å². The van der Waals surface area contributed by atoms with Crippen LogP contribution in [0.4, 0.5) is 5.69 Å². The first-order chi connectivity index (χ1) is 15.0. The predicted octanol–water partition coefficient (Wildman–Crippen LogP) is 5.33. The van der Waals surface area contributed by atoms with Crippen LogP contribution in [-0.2, 0) is 20.9 Å². The monoisotopic (exact) mass is 417 g/mol. The van der Waals surface area contributed by atoms with Gasteiger partial charge in [-0.2, -0.15) is 0 Å². The fraction of sp³-hybridized carbons (Fsp3) is 0.231. The third kappa shape index (κ3) is 7.00. The van der Waals surface area contributed by atoms with Crippen LogP contribution in [0.2, 0.25) is 0 Å². The minimum atomic E-state index is -0.885. The van der Waals surface area contributed by atoms with E-state index in [1.165, 1.54) is 0 Å². The van der Waals surface area contributed by atoms with Crippen molar-refractivity contribution in [3.8, 4) is 5.75 Å². The molecule has 0 saturated heterocycles. The van der Waals surface area contributed by atoms with E-state index in [-0.39, 0.29) is 18.2 Å². The first-order valence-corrected chi connectivity index (χ1v) is 10.3. The Kier molecular flexibility index (Phi) is 7.82. The second kappa shape index (κ2) is 11.0. The van der Waals surface area contributed by atoms with Crippen molar-refractivity contribution in [2.24, 2.45) is 0 Å². The Morgan fingerprint density at radius 1 is 0.839 bits per heavy atom. The molecule has 0 heterocycles. The lowest BCUT2D eigenvalue weighted by molar-refractivity contribution is -0.153. The summed E-state index contributed by atoms with van der Waals surface area (Å²) in [5, 5.41) is 2.76. The summed E-state index contributed by atoms with van der Waals surface area (Å²) in [6.45, 7) is 4.00. The van der Waals surface area contributed by atoms with Crippen LogP contribution in [0, 0.1) is 0 Å². The van der Waals surface area contributed by atoms with Crippen LogP contribution in [0.15, 0.2) is 84.9 Å². The minimum Gasteiger partial charge on any atom is -0.489 e. The Labute approximate surface area is 183 Å². The van der Waals surface area contributed by atoms with Gasteiger partial charge < -0.3 is 14.8 Å². The summed E-state index contributed by atoms with van der Waals surface area (Å²) in [4.78, 5) is 24.6. The molecule has 0 bridgehead atoms. The average Bonchev–Trinajstić information content (AvgIpc) is 2.79. The molecule has 0 aliphatic carbocycles. The molecule has 2 atom stereocenters. The van der Waals surface area contributed by atoms with Crippen molar-refractivity contribution in [2.45, 2.75) is 38.9 Å². The predicted molar refractivity (Wildman–Crippen MR) is 121 cm³/mol. The highest BCUT2D eigenvalue weighted by molar-refractivity contribution is 5.95. The maximum atomic E-state index is 12.4. The molecule has 0 aromatic heterocycles. The second-order valence-corrected chi connectivity index (χ2v) is 7.44. The summed E-state index contributed by atoms with van der Waals surface area (Å²) in [6.07, 6.45) is -0.667. The van der Waals surface area contributed by atoms with Crippen molar-refractivity contribution in [3.63, 3.8) is 0 Å². The van der Waals surface area contributed by atoms with Gasteiger partial charge in [0.1, 0.15) is 12.4 Å². The van der Waals surface area contributed by atoms with Crippen LogP contribution in [0.25, 0.3) is 0 Å². The fourth-order valence-corrected chi connectivity index (χ4v) is 3.07. The summed E-state index contributed by atoms with van der Waals surface area (Å²) in [5.74, 6) is -0.0500. The molecule has 0 aliphatic heterocycles. The zero-order valence-corrected chi connectivity index (χ0v) is 17.8. The largest absolute Gasteiger partial charge is 0.489 e. The van der Waals surface area contributed by atoms with Crippen LogP contribution in [0.3, 0.4) is 0 Å². The average molecular weight is 418 g/mol. The third-order valence-corrected chi connectivity index (χ3v) is 4.89. The standard InChI is InChI=1S/C26H27NO4/c1-19(22-11-7-4-8-12-22)17-25(28)31-20(2)26(29)27-23-13-15-24(16-14-23)30-18-21-9-5-3-6-10-21/h3-16,19-20H,17-18H2,1-2H3,(H,27,29)/t19-,20+/m1/s1. The first kappa shape index (κ1) is 22.1. The molecule has 1 amide bonds. The van der Waals surface area contributed by atoms with E-state index in [1.807, 2.05) is 67.6 Å². The number of esters is 1. The van der Waals surface area contributed by atoms with E-state index in [0.29, 0.717) is 18.0 Å². The third-order valence-electron chi connectivity index (χ3n) is 4.89. The lowest BCUT2D eigenvalue weighted by Crippen LogP contribution is -2.30.